The van der Waals surface area contributed by atoms with E-state index in [4.69, 9.17) is 17.0 Å². The van der Waals surface area contributed by atoms with E-state index in [0.717, 1.165) is 51.1 Å². The van der Waals surface area contributed by atoms with Gasteiger partial charge in [0.05, 0.1) is 23.3 Å². The predicted molar refractivity (Wildman–Crippen MR) is 168 cm³/mol. The van der Waals surface area contributed by atoms with Crippen molar-refractivity contribution in [2.45, 2.75) is 32.9 Å². The van der Waals surface area contributed by atoms with Crippen molar-refractivity contribution in [2.75, 3.05) is 4.90 Å². The molecule has 0 amide bonds. The Labute approximate surface area is 250 Å². The number of carbonyl (C=O) groups is 1. The van der Waals surface area contributed by atoms with Gasteiger partial charge in [0.15, 0.2) is 5.11 Å². The molecule has 0 radical (unpaired) electrons. The number of hydrogen-bond donors (Lipinski definition) is 2. The van der Waals surface area contributed by atoms with Crippen LogP contribution in [0.2, 0.25) is 0 Å². The normalized spacial score (nSPS) is 16.4. The lowest BCUT2D eigenvalue weighted by atomic mass is 9.96. The molecule has 42 heavy (non-hydrogen) atoms. The van der Waals surface area contributed by atoms with E-state index in [2.05, 4.69) is 32.8 Å². The first-order valence-corrected chi connectivity index (χ1v) is 14.1. The Balaban J connectivity index is 1.42. The minimum Gasteiger partial charge on any atom is -0.478 e. The van der Waals surface area contributed by atoms with Gasteiger partial charge in [-0.05, 0) is 111 Å². The smallest absolute Gasteiger partial charge is 0.335 e. The Morgan fingerprint density at radius 1 is 0.905 bits per heavy atom. The van der Waals surface area contributed by atoms with Crippen LogP contribution in [0.25, 0.3) is 5.69 Å². The second-order valence-electron chi connectivity index (χ2n) is 10.4. The third kappa shape index (κ3) is 5.01. The number of pyridine rings is 1. The van der Waals surface area contributed by atoms with Crippen molar-refractivity contribution in [3.05, 3.63) is 137 Å². The highest BCUT2D eigenvalue weighted by molar-refractivity contribution is 7.80. The van der Waals surface area contributed by atoms with Crippen LogP contribution < -0.4 is 15.0 Å². The molecule has 0 bridgehead atoms. The van der Waals surface area contributed by atoms with Crippen LogP contribution in [-0.2, 0) is 0 Å². The number of nitrogens with one attached hydrogen (secondary N) is 1. The van der Waals surface area contributed by atoms with Gasteiger partial charge in [0.2, 0.25) is 0 Å². The number of aromatic nitrogens is 2. The summed E-state index contributed by atoms with van der Waals surface area (Å²) in [6, 6.07) is 30.5. The number of carboxylic acids is 1. The number of rotatable bonds is 7. The first kappa shape index (κ1) is 27.2. The lowest BCUT2D eigenvalue weighted by Crippen LogP contribution is -2.29. The quantitative estimate of drug-likeness (QED) is 0.195. The fourth-order valence-corrected chi connectivity index (χ4v) is 6.03. The maximum absolute atomic E-state index is 11.7. The number of aromatic carboxylic acids is 1. The minimum absolute atomic E-state index is 0.208. The third-order valence-corrected chi connectivity index (χ3v) is 7.99. The highest BCUT2D eigenvalue weighted by atomic mass is 32.1. The van der Waals surface area contributed by atoms with Gasteiger partial charge in [0.25, 0.3) is 0 Å². The molecule has 210 valence electrons. The standard InChI is InChI=1S/C34H30N4O3S/c1-21-9-4-5-13-30(21)41-27-16-14-25(15-17-27)38-32(31(36-34(38)42)29-12-6-7-18-35-29)28-19-22(2)37(23(28)3)26-11-8-10-24(20-26)33(39)40/h4-20,31-32H,1-3H3,(H,36,42)(H,39,40)/t31-,32+/m0/s1. The summed E-state index contributed by atoms with van der Waals surface area (Å²) in [6.45, 7) is 6.11. The average molecular weight is 575 g/mol. The van der Waals surface area contributed by atoms with Crippen LogP contribution >= 0.6 is 12.2 Å². The molecular weight excluding hydrogens is 544 g/mol. The second-order valence-corrected chi connectivity index (χ2v) is 10.8. The van der Waals surface area contributed by atoms with Crippen molar-refractivity contribution < 1.29 is 14.6 Å². The Morgan fingerprint density at radius 3 is 2.38 bits per heavy atom. The molecule has 2 N–H and O–H groups in total. The van der Waals surface area contributed by atoms with Gasteiger partial charge in [-0.15, -0.1) is 0 Å². The lowest BCUT2D eigenvalue weighted by molar-refractivity contribution is 0.0697. The highest BCUT2D eigenvalue weighted by Crippen LogP contribution is 2.44. The number of ether oxygens (including phenoxy) is 1. The molecule has 3 heterocycles. The molecule has 0 aliphatic carbocycles. The molecule has 0 unspecified atom stereocenters. The molecule has 2 atom stereocenters. The molecule has 3 aromatic carbocycles. The number of thiocarbonyl (C=S) groups is 1. The molecule has 2 aromatic heterocycles. The maximum Gasteiger partial charge on any atom is 0.335 e. The summed E-state index contributed by atoms with van der Waals surface area (Å²) >= 11 is 5.94. The van der Waals surface area contributed by atoms with Crippen LogP contribution in [0.1, 0.15) is 50.7 Å². The van der Waals surface area contributed by atoms with Crippen molar-refractivity contribution in [2.24, 2.45) is 0 Å². The van der Waals surface area contributed by atoms with Gasteiger partial charge < -0.3 is 24.6 Å². The second kappa shape index (κ2) is 11.1. The van der Waals surface area contributed by atoms with Crippen molar-refractivity contribution in [1.29, 1.82) is 0 Å². The number of nitrogens with zero attached hydrogens (tertiary/aromatic N) is 3. The van der Waals surface area contributed by atoms with Gasteiger partial charge >= 0.3 is 5.97 Å². The monoisotopic (exact) mass is 574 g/mol. The van der Waals surface area contributed by atoms with Crippen LogP contribution in [0.15, 0.2) is 103 Å². The Hall–Kier alpha value is -4.95. The molecule has 1 fully saturated rings. The summed E-state index contributed by atoms with van der Waals surface area (Å²) in [6.07, 6.45) is 1.79. The molecular formula is C34H30N4O3S. The molecule has 1 aliphatic rings. The Kier molecular flexibility index (Phi) is 7.22. The first-order valence-electron chi connectivity index (χ1n) is 13.7. The van der Waals surface area contributed by atoms with Gasteiger partial charge in [0.1, 0.15) is 11.5 Å². The van der Waals surface area contributed by atoms with E-state index in [1.165, 1.54) is 0 Å². The van der Waals surface area contributed by atoms with E-state index in [1.807, 2.05) is 86.6 Å². The zero-order valence-electron chi connectivity index (χ0n) is 23.5. The fourth-order valence-electron chi connectivity index (χ4n) is 5.68. The summed E-state index contributed by atoms with van der Waals surface area (Å²) < 4.78 is 8.24. The zero-order chi connectivity index (χ0) is 29.4. The van der Waals surface area contributed by atoms with Gasteiger partial charge in [-0.2, -0.15) is 0 Å². The number of hydrogen-bond acceptors (Lipinski definition) is 4. The Morgan fingerprint density at radius 2 is 1.67 bits per heavy atom. The van der Waals surface area contributed by atoms with Crippen molar-refractivity contribution >= 4 is 29.0 Å². The molecule has 7 nitrogen and oxygen atoms in total. The largest absolute Gasteiger partial charge is 0.478 e. The van der Waals surface area contributed by atoms with E-state index in [1.54, 1.807) is 24.4 Å². The van der Waals surface area contributed by atoms with Crippen LogP contribution in [0.5, 0.6) is 11.5 Å². The first-order chi connectivity index (χ1) is 20.3. The van der Waals surface area contributed by atoms with Gasteiger partial charge in [-0.3, -0.25) is 4.98 Å². The van der Waals surface area contributed by atoms with Gasteiger partial charge in [0, 0.05) is 29.0 Å². The topological polar surface area (TPSA) is 79.6 Å². The molecule has 8 heteroatoms. The molecule has 5 aromatic rings. The number of para-hydroxylation sites is 1. The van der Waals surface area contributed by atoms with E-state index in [-0.39, 0.29) is 17.6 Å². The number of carboxylic acid groups (broad SMARTS) is 1. The van der Waals surface area contributed by atoms with Crippen LogP contribution in [0.4, 0.5) is 5.69 Å². The summed E-state index contributed by atoms with van der Waals surface area (Å²) in [5, 5.41) is 13.7. The van der Waals surface area contributed by atoms with Crippen LogP contribution in [0.3, 0.4) is 0 Å². The summed E-state index contributed by atoms with van der Waals surface area (Å²) in [5.74, 6) is 0.595. The lowest BCUT2D eigenvalue weighted by Gasteiger charge is -2.28. The third-order valence-electron chi connectivity index (χ3n) is 7.67. The van der Waals surface area contributed by atoms with Crippen LogP contribution in [0, 0.1) is 20.8 Å². The van der Waals surface area contributed by atoms with E-state index in [9.17, 15) is 9.90 Å². The van der Waals surface area contributed by atoms with Crippen molar-refractivity contribution in [1.82, 2.24) is 14.9 Å². The molecule has 0 spiro atoms. The maximum atomic E-state index is 11.7. The van der Waals surface area contributed by atoms with Crippen molar-refractivity contribution in [3.63, 3.8) is 0 Å². The number of benzene rings is 3. The summed E-state index contributed by atoms with van der Waals surface area (Å²) in [7, 11) is 0. The van der Waals surface area contributed by atoms with E-state index < -0.39 is 5.97 Å². The SMILES string of the molecule is Cc1ccccc1Oc1ccc(N2C(=S)N[C@@H](c3ccccn3)[C@H]2c2cc(C)n(-c3cccc(C(=O)O)c3)c2C)cc1. The van der Waals surface area contributed by atoms with Gasteiger partial charge in [-0.25, -0.2) is 4.79 Å². The minimum atomic E-state index is -0.957. The summed E-state index contributed by atoms with van der Waals surface area (Å²) in [5.41, 5.74) is 6.96. The van der Waals surface area contributed by atoms with Crippen molar-refractivity contribution in [3.8, 4) is 17.2 Å². The molecule has 1 aliphatic heterocycles. The highest BCUT2D eigenvalue weighted by Gasteiger charge is 2.42. The number of anilines is 1. The predicted octanol–water partition coefficient (Wildman–Crippen LogP) is 7.47. The van der Waals surface area contributed by atoms with Gasteiger partial charge in [-0.1, -0.05) is 30.3 Å². The summed E-state index contributed by atoms with van der Waals surface area (Å²) in [4.78, 5) is 18.5. The molecule has 6 rings (SSSR count). The molecule has 0 saturated carbocycles. The van der Waals surface area contributed by atoms with Crippen LogP contribution in [-0.4, -0.2) is 25.7 Å². The fraction of sp³-hybridized carbons (Fsp3) is 0.147. The van der Waals surface area contributed by atoms with E-state index >= 15 is 0 Å². The zero-order valence-corrected chi connectivity index (χ0v) is 24.3. The number of aryl methyl sites for hydroxylation is 2. The average Bonchev–Trinajstić information content (AvgIpc) is 3.49. The van der Waals surface area contributed by atoms with E-state index in [0.29, 0.717) is 5.11 Å². The Bertz CT molecular complexity index is 1780. The molecule has 1 saturated heterocycles.